The van der Waals surface area contributed by atoms with Crippen molar-refractivity contribution in [1.29, 1.82) is 0 Å². The van der Waals surface area contributed by atoms with E-state index in [1.807, 2.05) is 36.4 Å². The van der Waals surface area contributed by atoms with Crippen molar-refractivity contribution in [2.24, 2.45) is 0 Å². The van der Waals surface area contributed by atoms with E-state index in [0.29, 0.717) is 12.3 Å². The lowest BCUT2D eigenvalue weighted by Crippen LogP contribution is -2.27. The largest absolute Gasteiger partial charge is 0.355 e. The maximum atomic E-state index is 11.8. The highest BCUT2D eigenvalue weighted by atomic mass is 35.5. The third kappa shape index (κ3) is 6.80. The summed E-state index contributed by atoms with van der Waals surface area (Å²) in [6.07, 6.45) is 0. The number of halogens is 1. The molecule has 0 heterocycles. The molecule has 0 aromatic heterocycles. The van der Waals surface area contributed by atoms with Crippen molar-refractivity contribution in [2.45, 2.75) is 18.4 Å². The number of thioether (sulfide) groups is 2. The summed E-state index contributed by atoms with van der Waals surface area (Å²) in [5, 5.41) is 3.78. The van der Waals surface area contributed by atoms with Crippen molar-refractivity contribution in [3.8, 4) is 0 Å². The van der Waals surface area contributed by atoms with E-state index < -0.39 is 0 Å². The van der Waals surface area contributed by atoms with Gasteiger partial charge in [0.2, 0.25) is 5.91 Å². The van der Waals surface area contributed by atoms with Gasteiger partial charge in [-0.05, 0) is 29.7 Å². The quantitative estimate of drug-likeness (QED) is 0.626. The minimum atomic E-state index is 0.104. The molecule has 0 bridgehead atoms. The molecule has 0 spiro atoms. The number of amides is 1. The molecule has 1 N–H and O–H groups in total. The minimum Gasteiger partial charge on any atom is -0.355 e. The van der Waals surface area contributed by atoms with Crippen LogP contribution in [-0.2, 0) is 16.3 Å². The van der Waals surface area contributed by atoms with Crippen molar-refractivity contribution in [3.05, 3.63) is 70.2 Å². The summed E-state index contributed by atoms with van der Waals surface area (Å²) in [6.45, 7) is 2.80. The fourth-order valence-corrected chi connectivity index (χ4v) is 4.21. The summed E-state index contributed by atoms with van der Waals surface area (Å²) in [7, 11) is 0. The first-order valence-corrected chi connectivity index (χ1v) is 10.6. The smallest absolute Gasteiger partial charge is 0.230 e. The third-order valence-corrected chi connectivity index (χ3v) is 5.89. The number of benzene rings is 2. The molecule has 0 aliphatic carbocycles. The van der Waals surface area contributed by atoms with Crippen LogP contribution in [0.4, 0.5) is 0 Å². The molecule has 2 aromatic rings. The topological polar surface area (TPSA) is 29.1 Å². The fourth-order valence-electron chi connectivity index (χ4n) is 2.14. The van der Waals surface area contributed by atoms with E-state index in [4.69, 9.17) is 11.6 Å². The summed E-state index contributed by atoms with van der Waals surface area (Å²) >= 11 is 9.55. The highest BCUT2D eigenvalue weighted by Crippen LogP contribution is 2.20. The van der Waals surface area contributed by atoms with Gasteiger partial charge in [-0.15, -0.1) is 11.8 Å². The summed E-state index contributed by atoms with van der Waals surface area (Å²) in [6, 6.07) is 16.2. The molecule has 0 fully saturated rings. The normalized spacial score (nSPS) is 10.6. The molecule has 2 nitrogen and oxygen atoms in total. The zero-order chi connectivity index (χ0) is 17.2. The molecule has 2 aromatic carbocycles. The van der Waals surface area contributed by atoms with Crippen LogP contribution < -0.4 is 5.32 Å². The second kappa shape index (κ2) is 10.7. The first-order chi connectivity index (χ1) is 11.7. The van der Waals surface area contributed by atoms with Gasteiger partial charge in [-0.25, -0.2) is 0 Å². The zero-order valence-corrected chi connectivity index (χ0v) is 16.1. The number of nitrogens with one attached hydrogen (secondary N) is 1. The van der Waals surface area contributed by atoms with Crippen molar-refractivity contribution >= 4 is 41.0 Å². The zero-order valence-electron chi connectivity index (χ0n) is 13.8. The Labute approximate surface area is 157 Å². The Balaban J connectivity index is 1.55. The molecule has 0 unspecified atom stereocenters. The summed E-state index contributed by atoms with van der Waals surface area (Å²) in [5.74, 6) is 3.24. The number of hydrogen-bond acceptors (Lipinski definition) is 3. The van der Waals surface area contributed by atoms with Crippen LogP contribution >= 0.6 is 35.1 Å². The average Bonchev–Trinajstić information content (AvgIpc) is 2.58. The second-order valence-corrected chi connectivity index (χ2v) is 7.91. The van der Waals surface area contributed by atoms with Gasteiger partial charge in [0.05, 0.1) is 5.75 Å². The van der Waals surface area contributed by atoms with Crippen LogP contribution in [0, 0.1) is 6.92 Å². The molecular weight excluding hydrogens is 358 g/mol. The predicted octanol–water partition coefficient (Wildman–Crippen LogP) is 4.93. The van der Waals surface area contributed by atoms with Crippen LogP contribution in [0.3, 0.4) is 0 Å². The molecule has 2 rings (SSSR count). The standard InChI is InChI=1S/C19H22ClNOS2/c1-15-6-2-3-7-16(15)12-24-14-19(22)21-10-11-23-13-17-8-4-5-9-18(17)20/h2-9H,10-14H2,1H3,(H,21,22). The van der Waals surface area contributed by atoms with Gasteiger partial charge in [-0.1, -0.05) is 54.1 Å². The van der Waals surface area contributed by atoms with E-state index in [-0.39, 0.29) is 5.91 Å². The monoisotopic (exact) mass is 379 g/mol. The van der Waals surface area contributed by atoms with Crippen molar-refractivity contribution in [1.82, 2.24) is 5.32 Å². The summed E-state index contributed by atoms with van der Waals surface area (Å²) < 4.78 is 0. The maximum absolute atomic E-state index is 11.8. The predicted molar refractivity (Wildman–Crippen MR) is 108 cm³/mol. The lowest BCUT2D eigenvalue weighted by atomic mass is 10.1. The Bertz CT molecular complexity index is 663. The van der Waals surface area contributed by atoms with Gasteiger partial charge >= 0.3 is 0 Å². The third-order valence-electron chi connectivity index (χ3n) is 3.54. The van der Waals surface area contributed by atoms with Crippen LogP contribution in [0.5, 0.6) is 0 Å². The average molecular weight is 380 g/mol. The summed E-state index contributed by atoms with van der Waals surface area (Å²) in [4.78, 5) is 11.8. The Kier molecular flexibility index (Phi) is 8.57. The first-order valence-electron chi connectivity index (χ1n) is 7.87. The van der Waals surface area contributed by atoms with Crippen LogP contribution in [0.2, 0.25) is 5.02 Å². The van der Waals surface area contributed by atoms with E-state index >= 15 is 0 Å². The minimum absolute atomic E-state index is 0.104. The van der Waals surface area contributed by atoms with Gasteiger partial charge in [-0.2, -0.15) is 11.8 Å². The molecule has 0 saturated carbocycles. The lowest BCUT2D eigenvalue weighted by molar-refractivity contribution is -0.118. The molecule has 0 atom stereocenters. The molecule has 0 aliphatic rings. The number of rotatable bonds is 9. The molecule has 128 valence electrons. The van der Waals surface area contributed by atoms with Crippen LogP contribution in [0.15, 0.2) is 48.5 Å². The van der Waals surface area contributed by atoms with Gasteiger partial charge in [0, 0.05) is 28.8 Å². The summed E-state index contributed by atoms with van der Waals surface area (Å²) in [5.41, 5.74) is 3.72. The first kappa shape index (κ1) is 19.2. The van der Waals surface area contributed by atoms with Crippen LogP contribution in [-0.4, -0.2) is 24.0 Å². The van der Waals surface area contributed by atoms with Crippen LogP contribution in [0.1, 0.15) is 16.7 Å². The molecule has 0 saturated heterocycles. The second-order valence-electron chi connectivity index (χ2n) is 5.41. The Morgan fingerprint density at radius 3 is 2.42 bits per heavy atom. The van der Waals surface area contributed by atoms with Crippen molar-refractivity contribution in [3.63, 3.8) is 0 Å². The molecule has 5 heteroatoms. The van der Waals surface area contributed by atoms with Gasteiger partial charge in [-0.3, -0.25) is 4.79 Å². The van der Waals surface area contributed by atoms with Crippen molar-refractivity contribution < 1.29 is 4.79 Å². The van der Waals surface area contributed by atoms with E-state index in [1.165, 1.54) is 11.1 Å². The maximum Gasteiger partial charge on any atom is 0.230 e. The molecule has 1 amide bonds. The lowest BCUT2D eigenvalue weighted by Gasteiger charge is -2.07. The number of aryl methyl sites for hydroxylation is 1. The van der Waals surface area contributed by atoms with Gasteiger partial charge in [0.1, 0.15) is 0 Å². The van der Waals surface area contributed by atoms with E-state index in [0.717, 1.165) is 27.8 Å². The SMILES string of the molecule is Cc1ccccc1CSCC(=O)NCCSCc1ccccc1Cl. The number of carbonyl (C=O) groups excluding carboxylic acids is 1. The van der Waals surface area contributed by atoms with Gasteiger partial charge in [0.15, 0.2) is 0 Å². The Morgan fingerprint density at radius 1 is 1.00 bits per heavy atom. The van der Waals surface area contributed by atoms with Crippen molar-refractivity contribution in [2.75, 3.05) is 18.1 Å². The molecule has 0 aliphatic heterocycles. The Hall–Kier alpha value is -1.10. The Morgan fingerprint density at radius 2 is 1.67 bits per heavy atom. The number of carbonyl (C=O) groups is 1. The van der Waals surface area contributed by atoms with Crippen LogP contribution in [0.25, 0.3) is 0 Å². The van der Waals surface area contributed by atoms with E-state index in [1.54, 1.807) is 23.5 Å². The van der Waals surface area contributed by atoms with E-state index in [9.17, 15) is 4.79 Å². The molecular formula is C19H22ClNOS2. The fraction of sp³-hybridized carbons (Fsp3) is 0.316. The van der Waals surface area contributed by atoms with Gasteiger partial charge < -0.3 is 5.32 Å². The molecule has 0 radical (unpaired) electrons. The van der Waals surface area contributed by atoms with Gasteiger partial charge in [0.25, 0.3) is 0 Å². The highest BCUT2D eigenvalue weighted by molar-refractivity contribution is 7.99. The van der Waals surface area contributed by atoms with E-state index in [2.05, 4.69) is 24.4 Å². The number of hydrogen-bond donors (Lipinski definition) is 1. The molecule has 24 heavy (non-hydrogen) atoms. The highest BCUT2D eigenvalue weighted by Gasteiger charge is 2.03.